The largest absolute Gasteiger partial charge is 0.434 e. The number of aromatic nitrogens is 1. The molecule has 0 radical (unpaired) electrons. The van der Waals surface area contributed by atoms with Crippen molar-refractivity contribution in [1.82, 2.24) is 9.88 Å². The van der Waals surface area contributed by atoms with E-state index in [1.807, 2.05) is 0 Å². The van der Waals surface area contributed by atoms with E-state index in [4.69, 9.17) is 17.3 Å². The molecular weight excluding hydrogens is 471 g/mol. The summed E-state index contributed by atoms with van der Waals surface area (Å²) >= 11 is 6.09. The normalized spacial score (nSPS) is 15.6. The first-order valence-electron chi connectivity index (χ1n) is 10.3. The van der Waals surface area contributed by atoms with Gasteiger partial charge in [0.25, 0.3) is 5.91 Å². The quantitative estimate of drug-likeness (QED) is 0.515. The maximum absolute atomic E-state index is 14.6. The fourth-order valence-electron chi connectivity index (χ4n) is 4.33. The van der Waals surface area contributed by atoms with E-state index in [2.05, 4.69) is 9.72 Å². The van der Waals surface area contributed by atoms with Crippen molar-refractivity contribution < 1.29 is 27.5 Å². The van der Waals surface area contributed by atoms with Gasteiger partial charge in [-0.1, -0.05) is 29.8 Å². The fourth-order valence-corrected chi connectivity index (χ4v) is 4.54. The van der Waals surface area contributed by atoms with Gasteiger partial charge >= 0.3 is 6.61 Å². The molecule has 0 bridgehead atoms. The Bertz CT molecular complexity index is 1230. The van der Waals surface area contributed by atoms with E-state index >= 15 is 0 Å². The molecule has 176 valence electrons. The standard InChI is InChI=1S/C24H19ClF3N3O3/c25-14-10-17-15(18(26)11-14)7-8-19(17)31(21(22(29)32)13-4-3-9-30-12-13)23(33)16-5-1-2-6-20(16)34-24(27)28/h1-6,9-12,19,21,24H,7-8H2,(H2,29,32)/t19-,21-/m1/s1. The van der Waals surface area contributed by atoms with Crippen LogP contribution in [-0.2, 0) is 11.2 Å². The SMILES string of the molecule is NC(=O)[C@@H](c1cccnc1)N(C(=O)c1ccccc1OC(F)F)[C@@H]1CCc2c(F)cc(Cl)cc21. The number of carbonyl (C=O) groups excluding carboxylic acids is 2. The van der Waals surface area contributed by atoms with Crippen LogP contribution in [0.4, 0.5) is 13.2 Å². The predicted molar refractivity (Wildman–Crippen MR) is 118 cm³/mol. The van der Waals surface area contributed by atoms with Gasteiger partial charge in [0.1, 0.15) is 17.6 Å². The molecule has 34 heavy (non-hydrogen) atoms. The van der Waals surface area contributed by atoms with Crippen molar-refractivity contribution in [3.05, 3.63) is 94.0 Å². The van der Waals surface area contributed by atoms with E-state index in [9.17, 15) is 22.8 Å². The molecule has 1 aromatic heterocycles. The molecule has 0 unspecified atom stereocenters. The molecule has 1 aliphatic carbocycles. The first kappa shape index (κ1) is 23.6. The molecule has 3 aromatic rings. The Morgan fingerprint density at radius 3 is 2.62 bits per heavy atom. The number of amides is 2. The van der Waals surface area contributed by atoms with Crippen LogP contribution in [-0.4, -0.2) is 28.3 Å². The van der Waals surface area contributed by atoms with E-state index in [0.717, 1.165) is 0 Å². The highest BCUT2D eigenvalue weighted by molar-refractivity contribution is 6.30. The number of rotatable bonds is 7. The van der Waals surface area contributed by atoms with Gasteiger partial charge in [0, 0.05) is 23.0 Å². The summed E-state index contributed by atoms with van der Waals surface area (Å²) in [5, 5.41) is 0.119. The summed E-state index contributed by atoms with van der Waals surface area (Å²) in [5.74, 6) is -2.56. The van der Waals surface area contributed by atoms with Crippen LogP contribution in [0.5, 0.6) is 5.75 Å². The van der Waals surface area contributed by atoms with Crippen LogP contribution in [0.15, 0.2) is 60.9 Å². The van der Waals surface area contributed by atoms with Gasteiger partial charge < -0.3 is 15.4 Å². The number of hydrogen-bond donors (Lipinski definition) is 1. The number of hydrogen-bond acceptors (Lipinski definition) is 4. The highest BCUT2D eigenvalue weighted by atomic mass is 35.5. The van der Waals surface area contributed by atoms with Crippen molar-refractivity contribution in [1.29, 1.82) is 0 Å². The number of carbonyl (C=O) groups is 2. The second kappa shape index (κ2) is 9.72. The number of ether oxygens (including phenoxy) is 1. The molecule has 10 heteroatoms. The number of benzene rings is 2. The minimum Gasteiger partial charge on any atom is -0.434 e. The van der Waals surface area contributed by atoms with Crippen molar-refractivity contribution in [3.63, 3.8) is 0 Å². The van der Waals surface area contributed by atoms with Gasteiger partial charge in [0.15, 0.2) is 0 Å². The van der Waals surface area contributed by atoms with Crippen molar-refractivity contribution in [2.75, 3.05) is 0 Å². The summed E-state index contributed by atoms with van der Waals surface area (Å²) < 4.78 is 45.2. The summed E-state index contributed by atoms with van der Waals surface area (Å²) in [6.07, 6.45) is 3.41. The number of primary amides is 1. The molecule has 2 atom stereocenters. The van der Waals surface area contributed by atoms with E-state index in [1.165, 1.54) is 53.7 Å². The van der Waals surface area contributed by atoms with Gasteiger partial charge in [-0.25, -0.2) is 4.39 Å². The smallest absolute Gasteiger partial charge is 0.387 e. The number of para-hydroxylation sites is 1. The minimum atomic E-state index is -3.17. The Hall–Kier alpha value is -3.59. The van der Waals surface area contributed by atoms with E-state index in [-0.39, 0.29) is 29.2 Å². The average molecular weight is 490 g/mol. The molecule has 2 aromatic carbocycles. The van der Waals surface area contributed by atoms with Crippen LogP contribution < -0.4 is 10.5 Å². The van der Waals surface area contributed by atoms with Gasteiger partial charge in [-0.15, -0.1) is 0 Å². The molecule has 6 nitrogen and oxygen atoms in total. The second-order valence-electron chi connectivity index (χ2n) is 7.69. The van der Waals surface area contributed by atoms with Crippen molar-refractivity contribution in [3.8, 4) is 5.75 Å². The summed E-state index contributed by atoms with van der Waals surface area (Å²) in [5.41, 5.74) is 6.63. The van der Waals surface area contributed by atoms with Crippen LogP contribution in [0.2, 0.25) is 5.02 Å². The zero-order valence-electron chi connectivity index (χ0n) is 17.6. The van der Waals surface area contributed by atoms with Crippen LogP contribution >= 0.6 is 11.6 Å². The van der Waals surface area contributed by atoms with Crippen LogP contribution in [0.3, 0.4) is 0 Å². The summed E-state index contributed by atoms with van der Waals surface area (Å²) in [6, 6.07) is 9.15. The molecule has 0 saturated heterocycles. The second-order valence-corrected chi connectivity index (χ2v) is 8.12. The lowest BCUT2D eigenvalue weighted by Gasteiger charge is -2.36. The molecule has 0 saturated carbocycles. The van der Waals surface area contributed by atoms with Gasteiger partial charge in [-0.05, 0) is 54.3 Å². The van der Waals surface area contributed by atoms with Crippen LogP contribution in [0.25, 0.3) is 0 Å². The average Bonchev–Trinajstić information content (AvgIpc) is 3.21. The number of nitrogens with zero attached hydrogens (tertiary/aromatic N) is 2. The van der Waals surface area contributed by atoms with Crippen molar-refractivity contribution in [2.24, 2.45) is 5.73 Å². The molecule has 0 aliphatic heterocycles. The number of halogens is 4. The molecular formula is C24H19ClF3N3O3. The maximum atomic E-state index is 14.6. The molecule has 0 fully saturated rings. The number of pyridine rings is 1. The maximum Gasteiger partial charge on any atom is 0.387 e. The third-order valence-corrected chi connectivity index (χ3v) is 5.89. The first-order valence-corrected chi connectivity index (χ1v) is 10.7. The molecule has 4 rings (SSSR count). The summed E-state index contributed by atoms with van der Waals surface area (Å²) in [7, 11) is 0. The van der Waals surface area contributed by atoms with Crippen LogP contribution in [0, 0.1) is 5.82 Å². The number of alkyl halides is 2. The number of nitrogens with two attached hydrogens (primary N) is 1. The highest BCUT2D eigenvalue weighted by Gasteiger charge is 2.41. The zero-order chi connectivity index (χ0) is 24.4. The van der Waals surface area contributed by atoms with E-state index in [0.29, 0.717) is 16.7 Å². The van der Waals surface area contributed by atoms with Crippen molar-refractivity contribution in [2.45, 2.75) is 31.5 Å². The molecule has 0 spiro atoms. The van der Waals surface area contributed by atoms with Gasteiger partial charge in [0.2, 0.25) is 5.91 Å². The van der Waals surface area contributed by atoms with Gasteiger partial charge in [-0.3, -0.25) is 14.6 Å². The van der Waals surface area contributed by atoms with Crippen molar-refractivity contribution >= 4 is 23.4 Å². The fraction of sp³-hybridized carbons (Fsp3) is 0.208. The Morgan fingerprint density at radius 1 is 1.18 bits per heavy atom. The van der Waals surface area contributed by atoms with E-state index in [1.54, 1.807) is 12.1 Å². The monoisotopic (exact) mass is 489 g/mol. The topological polar surface area (TPSA) is 85.5 Å². The van der Waals surface area contributed by atoms with Crippen LogP contribution in [0.1, 0.15) is 45.6 Å². The third kappa shape index (κ3) is 4.56. The lowest BCUT2D eigenvalue weighted by molar-refractivity contribution is -0.123. The Morgan fingerprint density at radius 2 is 1.94 bits per heavy atom. The van der Waals surface area contributed by atoms with E-state index < -0.39 is 36.3 Å². The van der Waals surface area contributed by atoms with Gasteiger partial charge in [-0.2, -0.15) is 8.78 Å². The predicted octanol–water partition coefficient (Wildman–Crippen LogP) is 4.83. The summed E-state index contributed by atoms with van der Waals surface area (Å²) in [6.45, 7) is -3.17. The summed E-state index contributed by atoms with van der Waals surface area (Å²) in [4.78, 5) is 31.8. The lowest BCUT2D eigenvalue weighted by Crippen LogP contribution is -2.43. The molecule has 2 amide bonds. The third-order valence-electron chi connectivity index (χ3n) is 5.67. The number of fused-ring (bicyclic) bond motifs is 1. The Kier molecular flexibility index (Phi) is 6.74. The Balaban J connectivity index is 1.89. The lowest BCUT2D eigenvalue weighted by atomic mass is 9.98. The highest BCUT2D eigenvalue weighted by Crippen LogP contribution is 2.43. The molecule has 2 N–H and O–H groups in total. The Labute approximate surface area is 198 Å². The zero-order valence-corrected chi connectivity index (χ0v) is 18.4. The van der Waals surface area contributed by atoms with Gasteiger partial charge in [0.05, 0.1) is 11.6 Å². The first-order chi connectivity index (χ1) is 16.3. The minimum absolute atomic E-state index is 0.119. The molecule has 1 aliphatic rings. The molecule has 1 heterocycles.